The van der Waals surface area contributed by atoms with Gasteiger partial charge in [0.2, 0.25) is 0 Å². The molecule has 7 nitrogen and oxygen atoms in total. The molecule has 0 N–H and O–H groups in total. The lowest BCUT2D eigenvalue weighted by Crippen LogP contribution is -2.49. The molecular formula is C27H27Cl2FN6O. The van der Waals surface area contributed by atoms with Gasteiger partial charge in [-0.2, -0.15) is 5.10 Å². The van der Waals surface area contributed by atoms with Crippen LogP contribution in [0, 0.1) is 12.7 Å². The van der Waals surface area contributed by atoms with E-state index in [0.29, 0.717) is 47.4 Å². The second-order valence-corrected chi connectivity index (χ2v) is 9.96. The zero-order chi connectivity index (χ0) is 26.1. The predicted octanol–water partition coefficient (Wildman–Crippen LogP) is 5.87. The summed E-state index contributed by atoms with van der Waals surface area (Å²) in [4.78, 5) is 26.9. The normalized spacial score (nSPS) is 14.0. The van der Waals surface area contributed by atoms with E-state index in [2.05, 4.69) is 11.8 Å². The van der Waals surface area contributed by atoms with Crippen LogP contribution in [0.4, 0.5) is 10.2 Å². The van der Waals surface area contributed by atoms with Gasteiger partial charge in [-0.05, 0) is 55.8 Å². The number of hydrogen-bond donors (Lipinski definition) is 0. The van der Waals surface area contributed by atoms with E-state index in [-0.39, 0.29) is 11.7 Å². The van der Waals surface area contributed by atoms with Crippen molar-refractivity contribution >= 4 is 46.0 Å². The highest BCUT2D eigenvalue weighted by Crippen LogP contribution is 2.30. The van der Waals surface area contributed by atoms with Crippen LogP contribution in [-0.4, -0.2) is 56.7 Å². The number of unbranched alkanes of at least 4 members (excludes halogenated alkanes) is 1. The van der Waals surface area contributed by atoms with Crippen molar-refractivity contribution in [2.24, 2.45) is 0 Å². The number of anilines is 1. The Labute approximate surface area is 224 Å². The molecule has 5 rings (SSSR count). The number of carbonyl (C=O) groups is 1. The maximum Gasteiger partial charge on any atom is 0.254 e. The fourth-order valence-corrected chi connectivity index (χ4v) is 4.87. The third kappa shape index (κ3) is 5.13. The Balaban J connectivity index is 1.46. The fourth-order valence-electron chi connectivity index (χ4n) is 4.58. The van der Waals surface area contributed by atoms with Crippen molar-refractivity contribution in [2.75, 3.05) is 31.1 Å². The maximum atomic E-state index is 13.6. The maximum absolute atomic E-state index is 13.6. The van der Waals surface area contributed by atoms with Gasteiger partial charge in [0.1, 0.15) is 17.5 Å². The largest absolute Gasteiger partial charge is 0.352 e. The molecule has 1 aliphatic heterocycles. The highest BCUT2D eigenvalue weighted by molar-refractivity contribution is 6.42. The van der Waals surface area contributed by atoms with Gasteiger partial charge >= 0.3 is 0 Å². The van der Waals surface area contributed by atoms with Gasteiger partial charge in [0.15, 0.2) is 5.65 Å². The monoisotopic (exact) mass is 540 g/mol. The lowest BCUT2D eigenvalue weighted by molar-refractivity contribution is 0.0746. The van der Waals surface area contributed by atoms with E-state index in [1.807, 2.05) is 11.8 Å². The first-order valence-electron chi connectivity index (χ1n) is 12.4. The summed E-state index contributed by atoms with van der Waals surface area (Å²) in [5, 5.41) is 6.40. The van der Waals surface area contributed by atoms with Crippen molar-refractivity contribution in [1.29, 1.82) is 0 Å². The number of benzene rings is 2. The van der Waals surface area contributed by atoms with Gasteiger partial charge in [0.05, 0.1) is 26.8 Å². The second kappa shape index (κ2) is 10.6. The minimum atomic E-state index is -0.302. The number of aryl methyl sites for hydroxylation is 2. The topological polar surface area (TPSA) is 67.2 Å². The minimum Gasteiger partial charge on any atom is -0.352 e. The van der Waals surface area contributed by atoms with Crippen LogP contribution in [0.25, 0.3) is 16.7 Å². The van der Waals surface area contributed by atoms with E-state index in [1.165, 1.54) is 12.1 Å². The summed E-state index contributed by atoms with van der Waals surface area (Å²) in [7, 11) is 0. The van der Waals surface area contributed by atoms with Crippen molar-refractivity contribution in [2.45, 2.75) is 33.1 Å². The number of fused-ring (bicyclic) bond motifs is 1. The van der Waals surface area contributed by atoms with Crippen LogP contribution in [0.3, 0.4) is 0 Å². The number of nitrogens with zero attached hydrogens (tertiary/aromatic N) is 6. The third-order valence-corrected chi connectivity index (χ3v) is 7.33. The predicted molar refractivity (Wildman–Crippen MR) is 145 cm³/mol. The van der Waals surface area contributed by atoms with Crippen LogP contribution in [-0.2, 0) is 6.42 Å². The number of carbonyl (C=O) groups excluding carboxylic acids is 1. The molecule has 0 radical (unpaired) electrons. The summed E-state index contributed by atoms with van der Waals surface area (Å²) in [5.74, 6) is 1.20. The van der Waals surface area contributed by atoms with Gasteiger partial charge in [-0.3, -0.25) is 4.79 Å². The molecule has 2 aromatic heterocycles. The van der Waals surface area contributed by atoms with E-state index < -0.39 is 0 Å². The third-order valence-electron chi connectivity index (χ3n) is 6.59. The van der Waals surface area contributed by atoms with Crippen molar-refractivity contribution in [3.63, 3.8) is 0 Å². The Bertz CT molecular complexity index is 1450. The van der Waals surface area contributed by atoms with Crippen LogP contribution >= 0.6 is 23.2 Å². The highest BCUT2D eigenvalue weighted by atomic mass is 35.5. The summed E-state index contributed by atoms with van der Waals surface area (Å²) in [5.41, 5.74) is 2.76. The molecule has 4 aromatic rings. The van der Waals surface area contributed by atoms with E-state index in [1.54, 1.807) is 35.0 Å². The summed E-state index contributed by atoms with van der Waals surface area (Å²) < 4.78 is 15.3. The summed E-state index contributed by atoms with van der Waals surface area (Å²) in [6.07, 6.45) is 2.76. The van der Waals surface area contributed by atoms with E-state index in [9.17, 15) is 9.18 Å². The Hall–Kier alpha value is -3.23. The zero-order valence-electron chi connectivity index (χ0n) is 20.7. The first-order valence-corrected chi connectivity index (χ1v) is 13.1. The van der Waals surface area contributed by atoms with Gasteiger partial charge < -0.3 is 9.80 Å². The average molecular weight is 541 g/mol. The molecule has 0 bridgehead atoms. The fraction of sp³-hybridized carbons (Fsp3) is 0.333. The van der Waals surface area contributed by atoms with Crippen LogP contribution in [0.1, 0.15) is 41.6 Å². The van der Waals surface area contributed by atoms with Crippen LogP contribution in [0.5, 0.6) is 0 Å². The Kier molecular flexibility index (Phi) is 7.31. The van der Waals surface area contributed by atoms with Gasteiger partial charge in [0.25, 0.3) is 5.91 Å². The molecular weight excluding hydrogens is 514 g/mol. The van der Waals surface area contributed by atoms with Gasteiger partial charge in [0, 0.05) is 38.2 Å². The van der Waals surface area contributed by atoms with Crippen LogP contribution in [0.15, 0.2) is 42.5 Å². The van der Waals surface area contributed by atoms with Crippen molar-refractivity contribution < 1.29 is 9.18 Å². The van der Waals surface area contributed by atoms with E-state index in [4.69, 9.17) is 38.3 Å². The quantitative estimate of drug-likeness (QED) is 0.305. The van der Waals surface area contributed by atoms with Gasteiger partial charge in [-0.25, -0.2) is 19.0 Å². The molecule has 1 aliphatic rings. The number of hydrogen-bond acceptors (Lipinski definition) is 5. The lowest BCUT2D eigenvalue weighted by Gasteiger charge is -2.36. The number of halogens is 3. The molecule has 0 saturated carbocycles. The van der Waals surface area contributed by atoms with E-state index >= 15 is 0 Å². The average Bonchev–Trinajstić information content (AvgIpc) is 3.25. The van der Waals surface area contributed by atoms with Crippen molar-refractivity contribution in [3.05, 3.63) is 75.4 Å². The minimum absolute atomic E-state index is 0.0741. The molecule has 192 valence electrons. The van der Waals surface area contributed by atoms with Gasteiger partial charge in [-0.15, -0.1) is 0 Å². The summed E-state index contributed by atoms with van der Waals surface area (Å²) in [6.45, 7) is 6.39. The summed E-state index contributed by atoms with van der Waals surface area (Å²) >= 11 is 12.1. The van der Waals surface area contributed by atoms with Gasteiger partial charge in [-0.1, -0.05) is 36.5 Å². The number of aromatic nitrogens is 4. The second-order valence-electron chi connectivity index (χ2n) is 9.15. The molecule has 3 heterocycles. The molecule has 0 spiro atoms. The number of piperazine rings is 1. The standard InChI is InChI=1S/C27H27Cl2FN6O/c1-3-4-5-23-31-25(24-17(2)33-36(26(24)32-23)20-9-7-19(30)8-10-20)34-12-14-35(15-13-34)27(37)18-6-11-21(28)22(29)16-18/h6-11,16H,3-5,12-15H2,1-2H3. The molecule has 0 atom stereocenters. The Morgan fingerprint density at radius 2 is 1.73 bits per heavy atom. The van der Waals surface area contributed by atoms with Crippen molar-refractivity contribution in [3.8, 4) is 5.69 Å². The zero-order valence-corrected chi connectivity index (χ0v) is 22.2. The Morgan fingerprint density at radius 3 is 2.41 bits per heavy atom. The SMILES string of the molecule is CCCCc1nc(N2CCN(C(=O)c3ccc(Cl)c(Cl)c3)CC2)c2c(C)nn(-c3ccc(F)cc3)c2n1. The first-order chi connectivity index (χ1) is 17.9. The molecule has 10 heteroatoms. The van der Waals surface area contributed by atoms with Crippen LogP contribution < -0.4 is 4.90 Å². The molecule has 1 amide bonds. The summed E-state index contributed by atoms with van der Waals surface area (Å²) in [6, 6.07) is 11.2. The number of rotatable bonds is 6. The number of amides is 1. The smallest absolute Gasteiger partial charge is 0.254 e. The molecule has 0 unspecified atom stereocenters. The molecule has 1 fully saturated rings. The van der Waals surface area contributed by atoms with Crippen LogP contribution in [0.2, 0.25) is 10.0 Å². The molecule has 0 aliphatic carbocycles. The molecule has 2 aromatic carbocycles. The first kappa shape index (κ1) is 25.4. The Morgan fingerprint density at radius 1 is 1.00 bits per heavy atom. The van der Waals surface area contributed by atoms with Crippen molar-refractivity contribution in [1.82, 2.24) is 24.6 Å². The molecule has 37 heavy (non-hydrogen) atoms. The molecule has 1 saturated heterocycles. The van der Waals surface area contributed by atoms with E-state index in [0.717, 1.165) is 47.7 Å². The lowest BCUT2D eigenvalue weighted by atomic mass is 10.1. The highest BCUT2D eigenvalue weighted by Gasteiger charge is 2.27.